The predicted octanol–water partition coefficient (Wildman–Crippen LogP) is 3.07. The SMILES string of the molecule is Cc1cc(NC(=O)c2ccc(F)cc2Cl)c(C(=O)O)[nH]1. The molecule has 0 saturated heterocycles. The maximum Gasteiger partial charge on any atom is 0.354 e. The van der Waals surface area contributed by atoms with Crippen LogP contribution in [0.3, 0.4) is 0 Å². The van der Waals surface area contributed by atoms with Crippen molar-refractivity contribution in [2.45, 2.75) is 6.92 Å². The molecular weight excluding hydrogens is 287 g/mol. The van der Waals surface area contributed by atoms with Gasteiger partial charge < -0.3 is 15.4 Å². The van der Waals surface area contributed by atoms with Crippen LogP contribution < -0.4 is 5.32 Å². The molecule has 0 radical (unpaired) electrons. The summed E-state index contributed by atoms with van der Waals surface area (Å²) >= 11 is 5.77. The van der Waals surface area contributed by atoms with E-state index in [1.165, 1.54) is 12.1 Å². The predicted molar refractivity (Wildman–Crippen MR) is 71.9 cm³/mol. The van der Waals surface area contributed by atoms with Gasteiger partial charge in [-0.3, -0.25) is 4.79 Å². The van der Waals surface area contributed by atoms with Crippen molar-refractivity contribution in [1.29, 1.82) is 0 Å². The summed E-state index contributed by atoms with van der Waals surface area (Å²) < 4.78 is 12.9. The molecule has 0 spiro atoms. The zero-order valence-electron chi connectivity index (χ0n) is 10.3. The van der Waals surface area contributed by atoms with Gasteiger partial charge in [0, 0.05) is 5.69 Å². The Morgan fingerprint density at radius 2 is 2.05 bits per heavy atom. The molecule has 1 heterocycles. The van der Waals surface area contributed by atoms with Crippen molar-refractivity contribution in [3.05, 3.63) is 52.1 Å². The second-order valence-electron chi connectivity index (χ2n) is 4.12. The fraction of sp³-hybridized carbons (Fsp3) is 0.0769. The minimum absolute atomic E-state index is 0.0494. The molecule has 2 rings (SSSR count). The van der Waals surface area contributed by atoms with Gasteiger partial charge in [0.25, 0.3) is 5.91 Å². The first-order chi connectivity index (χ1) is 9.38. The molecule has 1 aromatic heterocycles. The van der Waals surface area contributed by atoms with Crippen LogP contribution in [0.2, 0.25) is 5.02 Å². The maximum absolute atomic E-state index is 12.9. The number of hydrogen-bond acceptors (Lipinski definition) is 2. The van der Waals surface area contributed by atoms with Crippen LogP contribution in [0.4, 0.5) is 10.1 Å². The number of rotatable bonds is 3. The van der Waals surface area contributed by atoms with Crippen molar-refractivity contribution >= 4 is 29.2 Å². The number of nitrogens with one attached hydrogen (secondary N) is 2. The van der Waals surface area contributed by atoms with Crippen LogP contribution >= 0.6 is 11.6 Å². The van der Waals surface area contributed by atoms with E-state index in [1.807, 2.05) is 0 Å². The quantitative estimate of drug-likeness (QED) is 0.814. The zero-order valence-corrected chi connectivity index (χ0v) is 11.1. The van der Waals surface area contributed by atoms with E-state index in [4.69, 9.17) is 16.7 Å². The number of aromatic carboxylic acids is 1. The van der Waals surface area contributed by atoms with E-state index in [2.05, 4.69) is 10.3 Å². The summed E-state index contributed by atoms with van der Waals surface area (Å²) in [4.78, 5) is 25.6. The average Bonchev–Trinajstić information content (AvgIpc) is 2.70. The summed E-state index contributed by atoms with van der Waals surface area (Å²) in [5.41, 5.74) is 0.639. The lowest BCUT2D eigenvalue weighted by atomic mass is 10.2. The monoisotopic (exact) mass is 296 g/mol. The number of hydrogen-bond donors (Lipinski definition) is 3. The molecule has 0 fully saturated rings. The van der Waals surface area contributed by atoms with Crippen molar-refractivity contribution in [2.24, 2.45) is 0 Å². The van der Waals surface area contributed by atoms with Crippen LogP contribution in [0.5, 0.6) is 0 Å². The number of carbonyl (C=O) groups is 2. The van der Waals surface area contributed by atoms with Gasteiger partial charge in [0.05, 0.1) is 16.3 Å². The number of aromatic amines is 1. The van der Waals surface area contributed by atoms with Gasteiger partial charge >= 0.3 is 5.97 Å². The van der Waals surface area contributed by atoms with E-state index >= 15 is 0 Å². The molecule has 0 bridgehead atoms. The number of aromatic nitrogens is 1. The molecule has 1 aromatic carbocycles. The van der Waals surface area contributed by atoms with Crippen LogP contribution in [0.1, 0.15) is 26.5 Å². The normalized spacial score (nSPS) is 10.3. The van der Waals surface area contributed by atoms with Gasteiger partial charge in [-0.2, -0.15) is 0 Å². The van der Waals surface area contributed by atoms with Gasteiger partial charge in [-0.15, -0.1) is 0 Å². The molecule has 0 aliphatic rings. The van der Waals surface area contributed by atoms with Crippen LogP contribution in [0.15, 0.2) is 24.3 Å². The number of amides is 1. The lowest BCUT2D eigenvalue weighted by molar-refractivity contribution is 0.0692. The summed E-state index contributed by atoms with van der Waals surface area (Å²) in [6.45, 7) is 1.66. The molecule has 0 atom stereocenters. The van der Waals surface area contributed by atoms with Crippen LogP contribution in [0.25, 0.3) is 0 Å². The number of anilines is 1. The molecule has 3 N–H and O–H groups in total. The van der Waals surface area contributed by atoms with Gasteiger partial charge in [-0.25, -0.2) is 9.18 Å². The first-order valence-corrected chi connectivity index (χ1v) is 5.95. The van der Waals surface area contributed by atoms with Crippen molar-refractivity contribution in [3.8, 4) is 0 Å². The Morgan fingerprint density at radius 3 is 2.65 bits per heavy atom. The number of halogens is 2. The Hall–Kier alpha value is -2.34. The number of carboxylic acid groups (broad SMARTS) is 1. The number of benzene rings is 1. The molecule has 0 aliphatic carbocycles. The lowest BCUT2D eigenvalue weighted by Gasteiger charge is -2.06. The minimum atomic E-state index is -1.20. The summed E-state index contributed by atoms with van der Waals surface area (Å²) in [6.07, 6.45) is 0. The third-order valence-electron chi connectivity index (χ3n) is 2.59. The molecule has 20 heavy (non-hydrogen) atoms. The van der Waals surface area contributed by atoms with E-state index in [1.54, 1.807) is 6.92 Å². The lowest BCUT2D eigenvalue weighted by Crippen LogP contribution is -2.14. The van der Waals surface area contributed by atoms with Crippen LogP contribution in [-0.4, -0.2) is 22.0 Å². The average molecular weight is 297 g/mol. The topological polar surface area (TPSA) is 82.2 Å². The van der Waals surface area contributed by atoms with Gasteiger partial charge in [0.15, 0.2) is 0 Å². The van der Waals surface area contributed by atoms with Crippen molar-refractivity contribution in [2.75, 3.05) is 5.32 Å². The largest absolute Gasteiger partial charge is 0.477 e. The standard InChI is InChI=1S/C13H10ClFN2O3/c1-6-4-10(11(16-6)13(19)20)17-12(18)8-3-2-7(15)5-9(8)14/h2-5,16H,1H3,(H,17,18)(H,19,20). The van der Waals surface area contributed by atoms with E-state index in [0.29, 0.717) is 5.69 Å². The highest BCUT2D eigenvalue weighted by atomic mass is 35.5. The first-order valence-electron chi connectivity index (χ1n) is 5.58. The molecule has 0 saturated carbocycles. The first kappa shape index (κ1) is 14.1. The maximum atomic E-state index is 12.9. The summed E-state index contributed by atoms with van der Waals surface area (Å²) in [5.74, 6) is -2.37. The Bertz CT molecular complexity index is 697. The second-order valence-corrected chi connectivity index (χ2v) is 4.53. The molecule has 7 heteroatoms. The van der Waals surface area contributed by atoms with E-state index < -0.39 is 17.7 Å². The number of aryl methyl sites for hydroxylation is 1. The summed E-state index contributed by atoms with van der Waals surface area (Å²) in [7, 11) is 0. The molecule has 0 unspecified atom stereocenters. The fourth-order valence-electron chi connectivity index (χ4n) is 1.72. The van der Waals surface area contributed by atoms with Crippen molar-refractivity contribution in [1.82, 2.24) is 4.98 Å². The number of H-pyrrole nitrogens is 1. The molecule has 5 nitrogen and oxygen atoms in total. The molecule has 0 aliphatic heterocycles. The van der Waals surface area contributed by atoms with Gasteiger partial charge in [-0.1, -0.05) is 11.6 Å². The number of carbonyl (C=O) groups excluding carboxylic acids is 1. The Balaban J connectivity index is 2.30. The zero-order chi connectivity index (χ0) is 14.9. The highest BCUT2D eigenvalue weighted by Gasteiger charge is 2.17. The molecule has 1 amide bonds. The van der Waals surface area contributed by atoms with E-state index in [-0.39, 0.29) is 22.0 Å². The van der Waals surface area contributed by atoms with E-state index in [9.17, 15) is 14.0 Å². The van der Waals surface area contributed by atoms with Crippen LogP contribution in [-0.2, 0) is 0 Å². The second kappa shape index (κ2) is 5.34. The van der Waals surface area contributed by atoms with E-state index in [0.717, 1.165) is 12.1 Å². The molecule has 2 aromatic rings. The van der Waals surface area contributed by atoms with Gasteiger partial charge in [0.2, 0.25) is 0 Å². The van der Waals surface area contributed by atoms with Crippen LogP contribution in [0, 0.1) is 12.7 Å². The molecule has 104 valence electrons. The Labute approximate surface area is 118 Å². The highest BCUT2D eigenvalue weighted by Crippen LogP contribution is 2.21. The summed E-state index contributed by atoms with van der Waals surface area (Å²) in [5, 5.41) is 11.4. The van der Waals surface area contributed by atoms with Crippen molar-refractivity contribution in [3.63, 3.8) is 0 Å². The Kier molecular flexibility index (Phi) is 3.76. The third-order valence-corrected chi connectivity index (χ3v) is 2.90. The van der Waals surface area contributed by atoms with Crippen molar-refractivity contribution < 1.29 is 19.1 Å². The third kappa shape index (κ3) is 2.80. The summed E-state index contributed by atoms with van der Waals surface area (Å²) in [6, 6.07) is 4.82. The fourth-order valence-corrected chi connectivity index (χ4v) is 1.97. The smallest absolute Gasteiger partial charge is 0.354 e. The number of carboxylic acids is 1. The minimum Gasteiger partial charge on any atom is -0.477 e. The van der Waals surface area contributed by atoms with Gasteiger partial charge in [-0.05, 0) is 31.2 Å². The highest BCUT2D eigenvalue weighted by molar-refractivity contribution is 6.34. The Morgan fingerprint density at radius 1 is 1.35 bits per heavy atom. The molecular formula is C13H10ClFN2O3. The van der Waals surface area contributed by atoms with Gasteiger partial charge in [0.1, 0.15) is 11.5 Å².